The van der Waals surface area contributed by atoms with Gasteiger partial charge in [-0.05, 0) is 30.0 Å². The zero-order valence-corrected chi connectivity index (χ0v) is 7.07. The molecule has 0 saturated carbocycles. The maximum atomic E-state index is 12.9. The average molecular weight is 175 g/mol. The lowest BCUT2D eigenvalue weighted by Gasteiger charge is -2.15. The van der Waals surface area contributed by atoms with Gasteiger partial charge in [-0.3, -0.25) is 0 Å². The second-order valence-corrected chi connectivity index (χ2v) is 2.94. The van der Waals surface area contributed by atoms with Crippen LogP contribution in [-0.4, -0.2) is 0 Å². The predicted molar refractivity (Wildman–Crippen MR) is 50.6 cm³/mol. The highest BCUT2D eigenvalue weighted by Gasteiger charge is 2.07. The Hall–Kier alpha value is -1.57. The van der Waals surface area contributed by atoms with E-state index in [1.165, 1.54) is 6.07 Å². The topological polar surface area (TPSA) is 12.0 Å². The van der Waals surface area contributed by atoms with Gasteiger partial charge >= 0.3 is 0 Å². The van der Waals surface area contributed by atoms with Gasteiger partial charge in [-0.25, -0.2) is 4.39 Å². The van der Waals surface area contributed by atoms with Gasteiger partial charge < -0.3 is 5.32 Å². The van der Waals surface area contributed by atoms with E-state index < -0.39 is 0 Å². The highest BCUT2D eigenvalue weighted by Crippen LogP contribution is 2.17. The van der Waals surface area contributed by atoms with Crippen LogP contribution in [0.4, 0.5) is 4.39 Å². The number of hydrogen-bond acceptors (Lipinski definition) is 1. The molecule has 1 aliphatic heterocycles. The summed E-state index contributed by atoms with van der Waals surface area (Å²) in [5, 5.41) is 3.13. The number of halogens is 1. The quantitative estimate of drug-likeness (QED) is 0.691. The molecule has 0 fully saturated rings. The molecule has 0 bridgehead atoms. The minimum absolute atomic E-state index is 0.0979. The summed E-state index contributed by atoms with van der Waals surface area (Å²) < 4.78 is 12.9. The van der Waals surface area contributed by atoms with Crippen LogP contribution < -0.4 is 5.32 Å². The van der Waals surface area contributed by atoms with Crippen molar-refractivity contribution in [2.45, 2.75) is 6.04 Å². The number of nitrogens with one attached hydrogen (secondary N) is 1. The van der Waals surface area contributed by atoms with Crippen molar-refractivity contribution in [2.75, 3.05) is 0 Å². The van der Waals surface area contributed by atoms with Crippen molar-refractivity contribution in [3.63, 3.8) is 0 Å². The molecule has 0 spiro atoms. The van der Waals surface area contributed by atoms with Gasteiger partial charge in [0, 0.05) is 0 Å². The van der Waals surface area contributed by atoms with Crippen LogP contribution in [0.15, 0.2) is 48.7 Å². The van der Waals surface area contributed by atoms with E-state index in [0.29, 0.717) is 0 Å². The van der Waals surface area contributed by atoms with Crippen LogP contribution in [0.2, 0.25) is 0 Å². The molecule has 0 amide bonds. The predicted octanol–water partition coefficient (Wildman–Crippen LogP) is 2.54. The van der Waals surface area contributed by atoms with Gasteiger partial charge in [0.05, 0.1) is 6.04 Å². The Morgan fingerprint density at radius 2 is 2.15 bits per heavy atom. The van der Waals surface area contributed by atoms with Crippen LogP contribution in [0.1, 0.15) is 11.6 Å². The summed E-state index contributed by atoms with van der Waals surface area (Å²) in [6.07, 6.45) is 7.71. The number of allylic oxidation sites excluding steroid dienone is 2. The van der Waals surface area contributed by atoms with E-state index in [4.69, 9.17) is 0 Å². The molecule has 2 heteroatoms. The monoisotopic (exact) mass is 175 g/mol. The summed E-state index contributed by atoms with van der Waals surface area (Å²) in [6, 6.07) is 6.72. The zero-order chi connectivity index (χ0) is 9.10. The first kappa shape index (κ1) is 8.05. The molecule has 1 unspecified atom stereocenters. The number of dihydropyridines is 1. The molecule has 1 aromatic carbocycles. The molecule has 66 valence electrons. The van der Waals surface area contributed by atoms with Crippen LogP contribution in [0, 0.1) is 5.82 Å². The lowest BCUT2D eigenvalue weighted by atomic mass is 10.1. The fraction of sp³-hybridized carbons (Fsp3) is 0.0909. The van der Waals surface area contributed by atoms with Crippen LogP contribution in [0.5, 0.6) is 0 Å². The Kier molecular flexibility index (Phi) is 2.13. The van der Waals surface area contributed by atoms with Crippen molar-refractivity contribution < 1.29 is 4.39 Å². The summed E-state index contributed by atoms with van der Waals surface area (Å²) in [5.41, 5.74) is 0.945. The molecule has 1 aliphatic rings. The highest BCUT2D eigenvalue weighted by atomic mass is 19.1. The molecule has 0 aromatic heterocycles. The molecule has 0 saturated heterocycles. The fourth-order valence-corrected chi connectivity index (χ4v) is 1.35. The van der Waals surface area contributed by atoms with E-state index in [1.54, 1.807) is 12.1 Å². The molecular formula is C11H10FN. The van der Waals surface area contributed by atoms with Crippen LogP contribution in [-0.2, 0) is 0 Å². The molecule has 1 atom stereocenters. The van der Waals surface area contributed by atoms with E-state index >= 15 is 0 Å². The Balaban J connectivity index is 2.25. The second kappa shape index (κ2) is 3.44. The lowest BCUT2D eigenvalue weighted by Crippen LogP contribution is -2.14. The molecule has 0 aliphatic carbocycles. The van der Waals surface area contributed by atoms with Crippen LogP contribution >= 0.6 is 0 Å². The maximum Gasteiger partial charge on any atom is 0.123 e. The van der Waals surface area contributed by atoms with Crippen LogP contribution in [0.3, 0.4) is 0 Å². The number of hydrogen-bond donors (Lipinski definition) is 1. The van der Waals surface area contributed by atoms with Gasteiger partial charge in [-0.15, -0.1) is 0 Å². The molecule has 2 rings (SSSR count). The third-order valence-electron chi connectivity index (χ3n) is 1.99. The van der Waals surface area contributed by atoms with E-state index in [2.05, 4.69) is 5.32 Å². The SMILES string of the molecule is Fc1cccc(C2C=CC=CN2)c1. The smallest absolute Gasteiger partial charge is 0.123 e. The first-order chi connectivity index (χ1) is 6.36. The van der Waals surface area contributed by atoms with Gasteiger partial charge in [0.1, 0.15) is 5.82 Å². The van der Waals surface area contributed by atoms with Gasteiger partial charge in [-0.1, -0.05) is 24.3 Å². The largest absolute Gasteiger partial charge is 0.381 e. The summed E-state index contributed by atoms with van der Waals surface area (Å²) in [5.74, 6) is -0.192. The third-order valence-corrected chi connectivity index (χ3v) is 1.99. The van der Waals surface area contributed by atoms with E-state index in [1.807, 2.05) is 30.5 Å². The van der Waals surface area contributed by atoms with Gasteiger partial charge in [0.15, 0.2) is 0 Å². The van der Waals surface area contributed by atoms with E-state index in [9.17, 15) is 4.39 Å². The van der Waals surface area contributed by atoms with Crippen molar-refractivity contribution in [3.8, 4) is 0 Å². The standard InChI is InChI=1S/C11H10FN/c12-10-5-3-4-9(8-10)11-6-1-2-7-13-11/h1-8,11,13H. The molecule has 1 nitrogen and oxygen atoms in total. The molecule has 1 aromatic rings. The fourth-order valence-electron chi connectivity index (χ4n) is 1.35. The van der Waals surface area contributed by atoms with Gasteiger partial charge in [0.25, 0.3) is 0 Å². The van der Waals surface area contributed by atoms with Crippen molar-refractivity contribution in [2.24, 2.45) is 0 Å². The number of rotatable bonds is 1. The lowest BCUT2D eigenvalue weighted by molar-refractivity contribution is 0.620. The Morgan fingerprint density at radius 1 is 1.23 bits per heavy atom. The molecule has 13 heavy (non-hydrogen) atoms. The maximum absolute atomic E-state index is 12.9. The molecule has 0 radical (unpaired) electrons. The first-order valence-corrected chi connectivity index (χ1v) is 4.21. The van der Waals surface area contributed by atoms with Crippen LogP contribution in [0.25, 0.3) is 0 Å². The third kappa shape index (κ3) is 1.78. The minimum atomic E-state index is -0.192. The Morgan fingerprint density at radius 3 is 2.85 bits per heavy atom. The van der Waals surface area contributed by atoms with Crippen molar-refractivity contribution in [3.05, 3.63) is 60.1 Å². The minimum Gasteiger partial charge on any atom is -0.381 e. The molecule has 1 N–H and O–H groups in total. The van der Waals surface area contributed by atoms with Crippen molar-refractivity contribution >= 4 is 0 Å². The Bertz CT molecular complexity index is 355. The van der Waals surface area contributed by atoms with Crippen molar-refractivity contribution in [1.29, 1.82) is 0 Å². The molecule has 1 heterocycles. The number of benzene rings is 1. The van der Waals surface area contributed by atoms with Gasteiger partial charge in [0.2, 0.25) is 0 Å². The van der Waals surface area contributed by atoms with E-state index in [-0.39, 0.29) is 11.9 Å². The molecular weight excluding hydrogens is 165 g/mol. The van der Waals surface area contributed by atoms with Crippen molar-refractivity contribution in [1.82, 2.24) is 5.32 Å². The Labute approximate surface area is 76.6 Å². The second-order valence-electron chi connectivity index (χ2n) is 2.94. The summed E-state index contributed by atoms with van der Waals surface area (Å²) in [7, 11) is 0. The highest BCUT2D eigenvalue weighted by molar-refractivity contribution is 5.27. The summed E-state index contributed by atoms with van der Waals surface area (Å²) in [4.78, 5) is 0. The normalized spacial score (nSPS) is 19.9. The average Bonchev–Trinajstić information content (AvgIpc) is 2.19. The van der Waals surface area contributed by atoms with Gasteiger partial charge in [-0.2, -0.15) is 0 Å². The first-order valence-electron chi connectivity index (χ1n) is 4.21. The van der Waals surface area contributed by atoms with E-state index in [0.717, 1.165) is 5.56 Å². The summed E-state index contributed by atoms with van der Waals surface area (Å²) >= 11 is 0. The zero-order valence-electron chi connectivity index (χ0n) is 7.07. The summed E-state index contributed by atoms with van der Waals surface area (Å²) in [6.45, 7) is 0.